The van der Waals surface area contributed by atoms with Gasteiger partial charge in [-0.1, -0.05) is 12.8 Å². The van der Waals surface area contributed by atoms with Crippen molar-refractivity contribution in [1.82, 2.24) is 14.7 Å². The van der Waals surface area contributed by atoms with Crippen molar-refractivity contribution in [3.05, 3.63) is 27.0 Å². The minimum Gasteiger partial charge on any atom is -0.481 e. The fourth-order valence-electron chi connectivity index (χ4n) is 2.43. The molecule has 0 saturated heterocycles. The molecule has 21 heavy (non-hydrogen) atoms. The molecule has 0 aliphatic heterocycles. The van der Waals surface area contributed by atoms with E-state index in [1.54, 1.807) is 0 Å². The number of sulfonamides is 1. The van der Waals surface area contributed by atoms with Crippen LogP contribution in [0.25, 0.3) is 0 Å². The highest BCUT2D eigenvalue weighted by molar-refractivity contribution is 7.89. The van der Waals surface area contributed by atoms with Gasteiger partial charge < -0.3 is 10.1 Å². The zero-order chi connectivity index (χ0) is 15.6. The van der Waals surface area contributed by atoms with E-state index in [-0.39, 0.29) is 0 Å². The van der Waals surface area contributed by atoms with Crippen LogP contribution in [0.3, 0.4) is 0 Å². The minimum absolute atomic E-state index is 0.379. The smallest absolute Gasteiger partial charge is 0.325 e. The lowest BCUT2D eigenvalue weighted by atomic mass is 9.85. The number of rotatable bonds is 4. The maximum atomic E-state index is 12.2. The Labute approximate surface area is 119 Å². The number of carboxylic acids is 1. The summed E-state index contributed by atoms with van der Waals surface area (Å²) in [5.41, 5.74) is -1.87. The van der Waals surface area contributed by atoms with Gasteiger partial charge in [-0.05, 0) is 12.8 Å². The lowest BCUT2D eigenvalue weighted by Gasteiger charge is -2.28. The lowest BCUT2D eigenvalue weighted by Crippen LogP contribution is -2.46. The topological polar surface area (TPSA) is 149 Å². The van der Waals surface area contributed by atoms with Gasteiger partial charge in [-0.3, -0.25) is 14.6 Å². The van der Waals surface area contributed by atoms with Crippen LogP contribution in [-0.4, -0.2) is 35.5 Å². The molecule has 2 atom stereocenters. The zero-order valence-electron chi connectivity index (χ0n) is 11.0. The molecule has 1 heterocycles. The predicted molar refractivity (Wildman–Crippen MR) is 71.4 cm³/mol. The lowest BCUT2D eigenvalue weighted by molar-refractivity contribution is -0.143. The van der Waals surface area contributed by atoms with E-state index in [1.165, 1.54) is 0 Å². The number of carbonyl (C=O) groups is 1. The van der Waals surface area contributed by atoms with Crippen LogP contribution in [-0.2, 0) is 14.8 Å². The van der Waals surface area contributed by atoms with Crippen LogP contribution in [0.4, 0.5) is 0 Å². The number of aliphatic carboxylic acids is 1. The van der Waals surface area contributed by atoms with Crippen molar-refractivity contribution in [3.8, 4) is 0 Å². The first-order valence-electron chi connectivity index (χ1n) is 6.38. The highest BCUT2D eigenvalue weighted by Crippen LogP contribution is 2.25. The van der Waals surface area contributed by atoms with Crippen molar-refractivity contribution in [2.75, 3.05) is 0 Å². The van der Waals surface area contributed by atoms with Gasteiger partial charge in [0, 0.05) is 12.2 Å². The maximum absolute atomic E-state index is 12.2. The zero-order valence-corrected chi connectivity index (χ0v) is 11.8. The Bertz CT molecular complexity index is 750. The molecule has 2 unspecified atom stereocenters. The van der Waals surface area contributed by atoms with Crippen molar-refractivity contribution < 1.29 is 18.3 Å². The molecule has 4 N–H and O–H groups in total. The maximum Gasteiger partial charge on any atom is 0.325 e. The molecule has 1 aromatic heterocycles. The van der Waals surface area contributed by atoms with Crippen molar-refractivity contribution in [2.45, 2.75) is 36.6 Å². The summed E-state index contributed by atoms with van der Waals surface area (Å²) < 4.78 is 26.6. The van der Waals surface area contributed by atoms with Crippen LogP contribution in [0.2, 0.25) is 0 Å². The summed E-state index contributed by atoms with van der Waals surface area (Å²) in [6, 6.07) is -0.771. The summed E-state index contributed by atoms with van der Waals surface area (Å²) in [6.07, 6.45) is 2.98. The van der Waals surface area contributed by atoms with Crippen LogP contribution in [0.15, 0.2) is 20.7 Å². The Hall–Kier alpha value is -1.94. The monoisotopic (exact) mass is 317 g/mol. The third-order valence-electron chi connectivity index (χ3n) is 3.46. The molecule has 1 saturated carbocycles. The highest BCUT2D eigenvalue weighted by atomic mass is 32.2. The number of carboxylic acid groups (broad SMARTS) is 1. The van der Waals surface area contributed by atoms with Crippen LogP contribution >= 0.6 is 0 Å². The summed E-state index contributed by atoms with van der Waals surface area (Å²) in [5.74, 6) is -1.90. The third kappa shape index (κ3) is 3.39. The molecular formula is C11H15N3O6S. The second-order valence-corrected chi connectivity index (χ2v) is 6.58. The van der Waals surface area contributed by atoms with E-state index in [9.17, 15) is 22.8 Å². The van der Waals surface area contributed by atoms with Crippen molar-refractivity contribution in [3.63, 3.8) is 0 Å². The second kappa shape index (κ2) is 5.82. The minimum atomic E-state index is -4.20. The van der Waals surface area contributed by atoms with Gasteiger partial charge >= 0.3 is 11.7 Å². The summed E-state index contributed by atoms with van der Waals surface area (Å²) in [4.78, 5) is 36.8. The summed E-state index contributed by atoms with van der Waals surface area (Å²) in [7, 11) is -4.20. The van der Waals surface area contributed by atoms with Gasteiger partial charge in [-0.2, -0.15) is 0 Å². The van der Waals surface area contributed by atoms with Gasteiger partial charge in [0.2, 0.25) is 10.0 Å². The molecule has 116 valence electrons. The molecule has 0 aromatic carbocycles. The molecule has 1 aromatic rings. The van der Waals surface area contributed by atoms with E-state index in [0.717, 1.165) is 6.20 Å². The van der Waals surface area contributed by atoms with Crippen LogP contribution in [0.1, 0.15) is 25.7 Å². The molecule has 0 amide bonds. The fourth-order valence-corrected chi connectivity index (χ4v) is 3.74. The first-order valence-corrected chi connectivity index (χ1v) is 7.87. The molecule has 0 spiro atoms. The average Bonchev–Trinajstić information content (AvgIpc) is 2.37. The standard InChI is InChI=1S/C11H15N3O6S/c15-9-8(5-12-11(18)13-9)21(19,20)14-7-4-2-1-3-6(7)10(16)17/h5-7,14H,1-4H2,(H,16,17)(H2,12,13,15,18). The molecule has 2 rings (SSSR count). The van der Waals surface area contributed by atoms with Crippen molar-refractivity contribution in [2.24, 2.45) is 5.92 Å². The molecule has 1 aliphatic rings. The highest BCUT2D eigenvalue weighted by Gasteiger charge is 2.34. The van der Waals surface area contributed by atoms with E-state index in [4.69, 9.17) is 5.11 Å². The first-order chi connectivity index (χ1) is 9.81. The molecule has 0 bridgehead atoms. The molecule has 10 heteroatoms. The molecule has 0 radical (unpaired) electrons. The van der Waals surface area contributed by atoms with Gasteiger partial charge in [0.1, 0.15) is 0 Å². The van der Waals surface area contributed by atoms with E-state index in [1.807, 2.05) is 4.98 Å². The Morgan fingerprint density at radius 3 is 2.57 bits per heavy atom. The Kier molecular flexibility index (Phi) is 4.28. The largest absolute Gasteiger partial charge is 0.481 e. The van der Waals surface area contributed by atoms with Gasteiger partial charge in [-0.25, -0.2) is 17.9 Å². The molecular weight excluding hydrogens is 302 g/mol. The number of aromatic amines is 2. The Morgan fingerprint density at radius 1 is 1.29 bits per heavy atom. The third-order valence-corrected chi connectivity index (χ3v) is 4.96. The van der Waals surface area contributed by atoms with Gasteiger partial charge in [-0.15, -0.1) is 0 Å². The van der Waals surface area contributed by atoms with E-state index in [0.29, 0.717) is 25.7 Å². The molecule has 1 aliphatic carbocycles. The normalized spacial score (nSPS) is 22.9. The molecule has 1 fully saturated rings. The van der Waals surface area contributed by atoms with Crippen molar-refractivity contribution >= 4 is 16.0 Å². The van der Waals surface area contributed by atoms with Crippen LogP contribution < -0.4 is 16.0 Å². The number of H-pyrrole nitrogens is 2. The van der Waals surface area contributed by atoms with Gasteiger partial charge in [0.15, 0.2) is 4.90 Å². The second-order valence-electron chi connectivity index (χ2n) is 4.89. The average molecular weight is 317 g/mol. The first kappa shape index (κ1) is 15.4. The summed E-state index contributed by atoms with van der Waals surface area (Å²) in [6.45, 7) is 0. The van der Waals surface area contributed by atoms with E-state index in [2.05, 4.69) is 9.71 Å². The van der Waals surface area contributed by atoms with Crippen molar-refractivity contribution in [1.29, 1.82) is 0 Å². The number of hydrogen-bond donors (Lipinski definition) is 4. The number of nitrogens with one attached hydrogen (secondary N) is 3. The van der Waals surface area contributed by atoms with Gasteiger partial charge in [0.05, 0.1) is 5.92 Å². The SMILES string of the molecule is O=C(O)C1CCCCC1NS(=O)(=O)c1c[nH]c(=O)[nH]c1=O. The number of aromatic nitrogens is 2. The predicted octanol–water partition coefficient (Wildman–Crippen LogP) is -1.02. The summed E-state index contributed by atoms with van der Waals surface area (Å²) >= 11 is 0. The van der Waals surface area contributed by atoms with Crippen LogP contribution in [0.5, 0.6) is 0 Å². The number of hydrogen-bond acceptors (Lipinski definition) is 5. The van der Waals surface area contributed by atoms with Gasteiger partial charge in [0.25, 0.3) is 5.56 Å². The Balaban J connectivity index is 2.30. The van der Waals surface area contributed by atoms with E-state index < -0.39 is 44.1 Å². The Morgan fingerprint density at radius 2 is 1.95 bits per heavy atom. The quantitative estimate of drug-likeness (QED) is 0.558. The summed E-state index contributed by atoms with van der Waals surface area (Å²) in [5, 5.41) is 9.12. The van der Waals surface area contributed by atoms with Crippen LogP contribution in [0, 0.1) is 5.92 Å². The van der Waals surface area contributed by atoms with E-state index >= 15 is 0 Å². The fraction of sp³-hybridized carbons (Fsp3) is 0.545. The molecule has 9 nitrogen and oxygen atoms in total.